The van der Waals surface area contributed by atoms with Crippen LogP contribution in [0.5, 0.6) is 0 Å². The number of hydrogen-bond acceptors (Lipinski definition) is 6. The summed E-state index contributed by atoms with van der Waals surface area (Å²) in [7, 11) is 0. The first-order valence-electron chi connectivity index (χ1n) is 14.1. The number of likely N-dealkylation sites (tertiary alicyclic amines) is 1. The number of amides is 2. The molecule has 2 aromatic heterocycles. The number of aromatic nitrogens is 1. The molecule has 2 aliphatic rings. The molecular formula is C32H28F6N4O3S. The van der Waals surface area contributed by atoms with Crippen molar-refractivity contribution in [3.8, 4) is 0 Å². The first kappa shape index (κ1) is 32.9. The van der Waals surface area contributed by atoms with Gasteiger partial charge in [0.1, 0.15) is 5.82 Å². The Bertz CT molecular complexity index is 1770. The molecule has 1 unspecified atom stereocenters. The molecule has 5 rings (SSSR count). The number of hydrogen-bond donors (Lipinski definition) is 3. The van der Waals surface area contributed by atoms with Crippen LogP contribution >= 0.6 is 11.3 Å². The van der Waals surface area contributed by atoms with Crippen molar-refractivity contribution in [1.29, 1.82) is 0 Å². The number of allylic oxidation sites excluding steroid dienone is 4. The van der Waals surface area contributed by atoms with Crippen LogP contribution in [0.4, 0.5) is 32.2 Å². The molecule has 242 valence electrons. The topological polar surface area (TPSA) is 109 Å². The highest BCUT2D eigenvalue weighted by atomic mass is 32.1. The number of pyridine rings is 1. The number of β-amino-alcohol motifs (C(OH)–C–C–N with tert-alkyl or cyclic N) is 1. The van der Waals surface area contributed by atoms with Gasteiger partial charge in [0, 0.05) is 40.4 Å². The number of carbonyl (C=O) groups excluding carboxylic acids is 2. The average Bonchev–Trinajstić information content (AvgIpc) is 3.58. The summed E-state index contributed by atoms with van der Waals surface area (Å²) in [4.78, 5) is 30.7. The number of thiophene rings is 1. The Morgan fingerprint density at radius 2 is 1.85 bits per heavy atom. The minimum absolute atomic E-state index is 0.00126. The third-order valence-electron chi connectivity index (χ3n) is 7.63. The van der Waals surface area contributed by atoms with E-state index in [0.29, 0.717) is 40.1 Å². The predicted octanol–water partition coefficient (Wildman–Crippen LogP) is 6.41. The highest BCUT2D eigenvalue weighted by Crippen LogP contribution is 2.42. The Kier molecular flexibility index (Phi) is 9.14. The molecular weight excluding hydrogens is 634 g/mol. The van der Waals surface area contributed by atoms with Crippen LogP contribution in [0, 0.1) is 0 Å². The van der Waals surface area contributed by atoms with Gasteiger partial charge in [-0.2, -0.15) is 26.3 Å². The molecule has 0 radical (unpaired) electrons. The van der Waals surface area contributed by atoms with Crippen molar-refractivity contribution >= 4 is 50.7 Å². The van der Waals surface area contributed by atoms with Crippen LogP contribution in [0.1, 0.15) is 40.8 Å². The van der Waals surface area contributed by atoms with Gasteiger partial charge in [-0.05, 0) is 77.4 Å². The van der Waals surface area contributed by atoms with Crippen LogP contribution < -0.4 is 11.1 Å². The number of halogens is 6. The summed E-state index contributed by atoms with van der Waals surface area (Å²) >= 11 is 0.912. The standard InChI is InChI=1S/C32H28F6N4O3S/c33-31(34,35)25-15-22(13-23-14-24(46-28(23)25)17-41-27(43)10-6-19-5-9-26(39)40-16-19)20-3-1-2-4-21(8-7-20)29(44)42-12-11-30(45,18-42)32(36,37)38/h3-10,13-16,45H,1-2,11-12,17-18H2,(H2,39,40)(H,41,43)/b8-7?,10-6+,20-3?,21-4?. The van der Waals surface area contributed by atoms with E-state index in [1.165, 1.54) is 30.5 Å². The Morgan fingerprint density at radius 1 is 1.09 bits per heavy atom. The number of benzene rings is 1. The normalized spacial score (nSPS) is 19.2. The molecule has 1 saturated heterocycles. The van der Waals surface area contributed by atoms with Gasteiger partial charge in [0.15, 0.2) is 5.60 Å². The second-order valence-corrected chi connectivity index (χ2v) is 12.1. The Labute approximate surface area is 263 Å². The van der Waals surface area contributed by atoms with Gasteiger partial charge in [-0.1, -0.05) is 18.2 Å². The number of nitrogens with one attached hydrogen (secondary N) is 1. The second-order valence-electron chi connectivity index (χ2n) is 11.0. The van der Waals surface area contributed by atoms with Crippen molar-refractivity contribution < 1.29 is 41.0 Å². The van der Waals surface area contributed by atoms with E-state index in [-0.39, 0.29) is 28.9 Å². The molecule has 46 heavy (non-hydrogen) atoms. The largest absolute Gasteiger partial charge is 0.419 e. The molecule has 3 aromatic rings. The average molecular weight is 663 g/mol. The third-order valence-corrected chi connectivity index (χ3v) is 8.81. The molecule has 14 heteroatoms. The number of nitrogen functional groups attached to an aromatic ring is 1. The van der Waals surface area contributed by atoms with Crippen molar-refractivity contribution in [3.05, 3.63) is 94.0 Å². The molecule has 0 spiro atoms. The van der Waals surface area contributed by atoms with Crippen LogP contribution in [0.2, 0.25) is 0 Å². The third kappa shape index (κ3) is 7.34. The Balaban J connectivity index is 1.34. The summed E-state index contributed by atoms with van der Waals surface area (Å²) < 4.78 is 82.5. The number of nitrogens with zero attached hydrogens (tertiary/aromatic N) is 2. The van der Waals surface area contributed by atoms with E-state index in [4.69, 9.17) is 5.73 Å². The Hall–Kier alpha value is -4.43. The fraction of sp³-hybridized carbons (Fsp3) is 0.281. The molecule has 1 aromatic carbocycles. The number of fused-ring (bicyclic) bond motifs is 1. The van der Waals surface area contributed by atoms with Gasteiger partial charge in [0.2, 0.25) is 5.91 Å². The van der Waals surface area contributed by atoms with Crippen molar-refractivity contribution in [2.24, 2.45) is 0 Å². The predicted molar refractivity (Wildman–Crippen MR) is 163 cm³/mol. The summed E-state index contributed by atoms with van der Waals surface area (Å²) in [6.45, 7) is -1.19. The zero-order valence-electron chi connectivity index (χ0n) is 24.1. The smallest absolute Gasteiger partial charge is 0.384 e. The zero-order chi connectivity index (χ0) is 33.3. The van der Waals surface area contributed by atoms with E-state index in [1.807, 2.05) is 0 Å². The summed E-state index contributed by atoms with van der Waals surface area (Å²) in [5, 5.41) is 12.9. The highest BCUT2D eigenvalue weighted by Gasteiger charge is 2.57. The number of nitrogens with two attached hydrogens (primary N) is 1. The van der Waals surface area contributed by atoms with Gasteiger partial charge in [-0.25, -0.2) is 4.98 Å². The minimum atomic E-state index is -4.89. The molecule has 3 heterocycles. The SMILES string of the molecule is Nc1ccc(/C=C/C(=O)NCc2cc3cc(C4=CCCC=C(C(=O)N5CCC(O)(C(F)(F)F)C5)C=C4)cc(C(F)(F)F)c3s2)cn1. The molecule has 2 amide bonds. The van der Waals surface area contributed by atoms with Crippen molar-refractivity contribution in [2.45, 2.75) is 43.8 Å². The van der Waals surface area contributed by atoms with E-state index in [1.54, 1.807) is 36.4 Å². The van der Waals surface area contributed by atoms with Gasteiger partial charge >= 0.3 is 12.4 Å². The number of rotatable bonds is 6. The molecule has 1 aliphatic carbocycles. The summed E-state index contributed by atoms with van der Waals surface area (Å²) in [6.07, 6.45) is 0.885. The van der Waals surface area contributed by atoms with Crippen LogP contribution in [0.15, 0.2) is 72.5 Å². The monoisotopic (exact) mass is 662 g/mol. The molecule has 1 fully saturated rings. The fourth-order valence-electron chi connectivity index (χ4n) is 5.14. The van der Waals surface area contributed by atoms with E-state index < -0.39 is 48.3 Å². The first-order valence-corrected chi connectivity index (χ1v) is 14.9. The van der Waals surface area contributed by atoms with Gasteiger partial charge < -0.3 is 21.1 Å². The molecule has 1 atom stereocenters. The lowest BCUT2D eigenvalue weighted by atomic mass is 9.96. The van der Waals surface area contributed by atoms with Crippen LogP contribution in [0.3, 0.4) is 0 Å². The van der Waals surface area contributed by atoms with E-state index >= 15 is 0 Å². The fourth-order valence-corrected chi connectivity index (χ4v) is 6.25. The number of aliphatic hydroxyl groups is 1. The van der Waals surface area contributed by atoms with Crippen LogP contribution in [-0.2, 0) is 22.3 Å². The van der Waals surface area contributed by atoms with Gasteiger partial charge in [0.25, 0.3) is 5.91 Å². The van der Waals surface area contributed by atoms with Gasteiger partial charge in [0.05, 0.1) is 18.7 Å². The quantitative estimate of drug-likeness (QED) is 0.209. The number of carbonyl (C=O) groups is 2. The number of alkyl halides is 6. The van der Waals surface area contributed by atoms with Crippen molar-refractivity contribution in [1.82, 2.24) is 15.2 Å². The maximum absolute atomic E-state index is 14.2. The zero-order valence-corrected chi connectivity index (χ0v) is 24.9. The van der Waals surface area contributed by atoms with E-state index in [2.05, 4.69) is 10.3 Å². The highest BCUT2D eigenvalue weighted by molar-refractivity contribution is 7.19. The number of anilines is 1. The molecule has 1 aliphatic heterocycles. The maximum atomic E-state index is 14.2. The summed E-state index contributed by atoms with van der Waals surface area (Å²) in [5.74, 6) is -0.824. The van der Waals surface area contributed by atoms with Crippen molar-refractivity contribution in [2.75, 3.05) is 18.8 Å². The molecule has 0 saturated carbocycles. The van der Waals surface area contributed by atoms with Crippen LogP contribution in [-0.4, -0.2) is 51.7 Å². The molecule has 0 bridgehead atoms. The second kappa shape index (κ2) is 12.8. The lowest BCUT2D eigenvalue weighted by Gasteiger charge is -2.26. The lowest BCUT2D eigenvalue weighted by molar-refractivity contribution is -0.253. The first-order chi connectivity index (χ1) is 21.6. The van der Waals surface area contributed by atoms with Gasteiger partial charge in [-0.3, -0.25) is 9.59 Å². The minimum Gasteiger partial charge on any atom is -0.384 e. The van der Waals surface area contributed by atoms with E-state index in [9.17, 15) is 41.0 Å². The maximum Gasteiger partial charge on any atom is 0.419 e. The van der Waals surface area contributed by atoms with Crippen molar-refractivity contribution in [3.63, 3.8) is 0 Å². The molecule has 4 N–H and O–H groups in total. The van der Waals surface area contributed by atoms with Gasteiger partial charge in [-0.15, -0.1) is 11.3 Å². The lowest BCUT2D eigenvalue weighted by Crippen LogP contribution is -2.48. The Morgan fingerprint density at radius 3 is 2.52 bits per heavy atom. The van der Waals surface area contributed by atoms with Crippen LogP contribution in [0.25, 0.3) is 21.7 Å². The summed E-state index contributed by atoms with van der Waals surface area (Å²) in [5.41, 5.74) is 3.07. The van der Waals surface area contributed by atoms with E-state index in [0.717, 1.165) is 22.3 Å². The summed E-state index contributed by atoms with van der Waals surface area (Å²) in [6, 6.07) is 7.44. The molecule has 7 nitrogen and oxygen atoms in total.